The molecule has 0 aliphatic rings. The van der Waals surface area contributed by atoms with Crippen molar-refractivity contribution in [1.82, 2.24) is 10.2 Å². The minimum atomic E-state index is -0.101. The minimum Gasteiger partial charge on any atom is -0.344 e. The normalized spacial score (nSPS) is 9.55. The van der Waals surface area contributed by atoms with E-state index in [-0.39, 0.29) is 24.2 Å². The van der Waals surface area contributed by atoms with Crippen molar-refractivity contribution in [2.24, 2.45) is 0 Å². The largest absolute Gasteiger partial charge is 0.344 e. The molecule has 0 radical (unpaired) electrons. The Balaban J connectivity index is 0.00000361. The van der Waals surface area contributed by atoms with Gasteiger partial charge in [-0.2, -0.15) is 0 Å². The van der Waals surface area contributed by atoms with Crippen LogP contribution in [0.25, 0.3) is 0 Å². The van der Waals surface area contributed by atoms with Gasteiger partial charge in [0.25, 0.3) is 0 Å². The first-order valence-electron chi connectivity index (χ1n) is 6.28. The molecule has 112 valence electrons. The molecule has 0 spiro atoms. The summed E-state index contributed by atoms with van der Waals surface area (Å²) in [5.41, 5.74) is 1.68. The summed E-state index contributed by atoms with van der Waals surface area (Å²) < 4.78 is 0. The number of amides is 2. The molecule has 0 aromatic heterocycles. The van der Waals surface area contributed by atoms with Crippen molar-refractivity contribution in [2.45, 2.75) is 13.3 Å². The number of hydrogen-bond donors (Lipinski definition) is 2. The van der Waals surface area contributed by atoms with Crippen LogP contribution in [0.4, 0.5) is 5.69 Å². The summed E-state index contributed by atoms with van der Waals surface area (Å²) in [6, 6.07) is 7.32. The van der Waals surface area contributed by atoms with Crippen molar-refractivity contribution in [3.8, 4) is 0 Å². The van der Waals surface area contributed by atoms with Gasteiger partial charge in [0.1, 0.15) is 0 Å². The summed E-state index contributed by atoms with van der Waals surface area (Å²) in [4.78, 5) is 24.5. The van der Waals surface area contributed by atoms with Gasteiger partial charge >= 0.3 is 0 Å². The Labute approximate surface area is 126 Å². The average molecular weight is 300 g/mol. The van der Waals surface area contributed by atoms with Crippen molar-refractivity contribution < 1.29 is 9.59 Å². The van der Waals surface area contributed by atoms with Crippen LogP contribution >= 0.6 is 12.4 Å². The Morgan fingerprint density at radius 3 is 2.30 bits per heavy atom. The number of carbonyl (C=O) groups is 2. The molecule has 0 saturated carbocycles. The first-order valence-corrected chi connectivity index (χ1v) is 6.28. The minimum absolute atomic E-state index is 0. The van der Waals surface area contributed by atoms with Crippen LogP contribution in [0, 0.1) is 0 Å². The van der Waals surface area contributed by atoms with Gasteiger partial charge in [-0.05, 0) is 24.7 Å². The van der Waals surface area contributed by atoms with E-state index in [2.05, 4.69) is 10.6 Å². The van der Waals surface area contributed by atoms with E-state index in [1.165, 1.54) is 6.92 Å². The van der Waals surface area contributed by atoms with E-state index >= 15 is 0 Å². The molecular formula is C14H22ClN3O2. The number of carbonyl (C=O) groups excluding carboxylic acids is 2. The van der Waals surface area contributed by atoms with Crippen LogP contribution < -0.4 is 10.6 Å². The first-order chi connectivity index (χ1) is 9.02. The second kappa shape index (κ2) is 9.34. The predicted molar refractivity (Wildman–Crippen MR) is 83.3 cm³/mol. The Morgan fingerprint density at radius 2 is 1.80 bits per heavy atom. The number of nitrogens with one attached hydrogen (secondary N) is 2. The van der Waals surface area contributed by atoms with Crippen LogP contribution in [0.15, 0.2) is 24.3 Å². The maximum Gasteiger partial charge on any atom is 0.226 e. The highest BCUT2D eigenvalue weighted by atomic mass is 35.5. The van der Waals surface area contributed by atoms with E-state index in [0.29, 0.717) is 13.0 Å². The van der Waals surface area contributed by atoms with Gasteiger partial charge in [-0.15, -0.1) is 12.4 Å². The average Bonchev–Trinajstić information content (AvgIpc) is 2.37. The van der Waals surface area contributed by atoms with Crippen LogP contribution in [0.5, 0.6) is 0 Å². The van der Waals surface area contributed by atoms with Crippen LogP contribution in [-0.4, -0.2) is 43.9 Å². The number of anilines is 1. The van der Waals surface area contributed by atoms with E-state index in [1.807, 2.05) is 19.2 Å². The van der Waals surface area contributed by atoms with Gasteiger partial charge in [0.2, 0.25) is 11.8 Å². The molecule has 2 amide bonds. The fourth-order valence-corrected chi connectivity index (χ4v) is 1.62. The Bertz CT molecular complexity index is 435. The molecule has 0 bridgehead atoms. The molecule has 0 heterocycles. The standard InChI is InChI=1S/C14H21N3O2.ClH/c1-11(18)16-13-6-4-12(5-7-13)10-14(19)17(3)9-8-15-2;/h4-7,15H,8-10H2,1-3H3,(H,16,18);1H. The Hall–Kier alpha value is -1.59. The summed E-state index contributed by atoms with van der Waals surface area (Å²) in [6.07, 6.45) is 0.376. The maximum absolute atomic E-state index is 11.9. The van der Waals surface area contributed by atoms with Gasteiger partial charge < -0.3 is 15.5 Å². The number of benzene rings is 1. The molecule has 1 aromatic rings. The van der Waals surface area contributed by atoms with E-state index in [0.717, 1.165) is 17.8 Å². The Morgan fingerprint density at radius 1 is 1.20 bits per heavy atom. The smallest absolute Gasteiger partial charge is 0.226 e. The fourth-order valence-electron chi connectivity index (χ4n) is 1.62. The predicted octanol–water partition coefficient (Wildman–Crippen LogP) is 1.29. The molecule has 5 nitrogen and oxygen atoms in total. The molecule has 0 aliphatic carbocycles. The molecule has 1 rings (SSSR count). The number of halogens is 1. The lowest BCUT2D eigenvalue weighted by Crippen LogP contribution is -2.33. The van der Waals surface area contributed by atoms with Crippen molar-refractivity contribution in [2.75, 3.05) is 32.5 Å². The van der Waals surface area contributed by atoms with Gasteiger partial charge in [0.15, 0.2) is 0 Å². The molecule has 0 aliphatic heterocycles. The molecule has 2 N–H and O–H groups in total. The number of nitrogens with zero attached hydrogens (tertiary/aromatic N) is 1. The lowest BCUT2D eigenvalue weighted by molar-refractivity contribution is -0.129. The lowest BCUT2D eigenvalue weighted by atomic mass is 10.1. The highest BCUT2D eigenvalue weighted by Crippen LogP contribution is 2.10. The summed E-state index contributed by atoms with van der Waals surface area (Å²) in [6.45, 7) is 2.94. The van der Waals surface area contributed by atoms with Crippen molar-refractivity contribution in [3.63, 3.8) is 0 Å². The second-order valence-electron chi connectivity index (χ2n) is 4.47. The zero-order valence-corrected chi connectivity index (χ0v) is 12.9. The molecule has 20 heavy (non-hydrogen) atoms. The third kappa shape index (κ3) is 6.54. The number of rotatable bonds is 6. The van der Waals surface area contributed by atoms with Crippen molar-refractivity contribution in [3.05, 3.63) is 29.8 Å². The summed E-state index contributed by atoms with van der Waals surface area (Å²) in [5.74, 6) is -0.0156. The Kier molecular flexibility index (Phi) is 8.59. The van der Waals surface area contributed by atoms with Gasteiger partial charge in [0, 0.05) is 32.7 Å². The van der Waals surface area contributed by atoms with Crippen LogP contribution in [-0.2, 0) is 16.0 Å². The number of hydrogen-bond acceptors (Lipinski definition) is 3. The first kappa shape index (κ1) is 18.4. The van der Waals surface area contributed by atoms with Crippen molar-refractivity contribution in [1.29, 1.82) is 0 Å². The van der Waals surface area contributed by atoms with Gasteiger partial charge in [-0.1, -0.05) is 12.1 Å². The molecular weight excluding hydrogens is 278 g/mol. The zero-order valence-electron chi connectivity index (χ0n) is 12.1. The molecule has 0 saturated heterocycles. The highest BCUT2D eigenvalue weighted by Gasteiger charge is 2.09. The monoisotopic (exact) mass is 299 g/mol. The van der Waals surface area contributed by atoms with Gasteiger partial charge in [-0.3, -0.25) is 9.59 Å². The molecule has 6 heteroatoms. The summed E-state index contributed by atoms with van der Waals surface area (Å²) in [5, 5.41) is 5.70. The maximum atomic E-state index is 11.9. The van der Waals surface area contributed by atoms with Gasteiger partial charge in [-0.25, -0.2) is 0 Å². The summed E-state index contributed by atoms with van der Waals surface area (Å²) in [7, 11) is 3.66. The topological polar surface area (TPSA) is 61.4 Å². The second-order valence-corrected chi connectivity index (χ2v) is 4.47. The van der Waals surface area contributed by atoms with E-state index < -0.39 is 0 Å². The van der Waals surface area contributed by atoms with E-state index in [4.69, 9.17) is 0 Å². The SMILES string of the molecule is CNCCN(C)C(=O)Cc1ccc(NC(C)=O)cc1.Cl. The van der Waals surface area contributed by atoms with Crippen molar-refractivity contribution >= 4 is 29.9 Å². The fraction of sp³-hybridized carbons (Fsp3) is 0.429. The highest BCUT2D eigenvalue weighted by molar-refractivity contribution is 5.88. The zero-order chi connectivity index (χ0) is 14.3. The third-order valence-corrected chi connectivity index (χ3v) is 2.75. The lowest BCUT2D eigenvalue weighted by Gasteiger charge is -2.16. The van der Waals surface area contributed by atoms with Crippen LogP contribution in [0.3, 0.4) is 0 Å². The van der Waals surface area contributed by atoms with Gasteiger partial charge in [0.05, 0.1) is 6.42 Å². The quantitative estimate of drug-likeness (QED) is 0.832. The van der Waals surface area contributed by atoms with E-state index in [9.17, 15) is 9.59 Å². The van der Waals surface area contributed by atoms with E-state index in [1.54, 1.807) is 24.1 Å². The molecule has 1 aromatic carbocycles. The molecule has 0 atom stereocenters. The summed E-state index contributed by atoms with van der Waals surface area (Å²) >= 11 is 0. The molecule has 0 fully saturated rings. The van der Waals surface area contributed by atoms with Crippen LogP contribution in [0.1, 0.15) is 12.5 Å². The third-order valence-electron chi connectivity index (χ3n) is 2.75. The number of likely N-dealkylation sites (N-methyl/N-ethyl adjacent to an activating group) is 2. The molecule has 0 unspecified atom stereocenters. The van der Waals surface area contributed by atoms with Crippen LogP contribution in [0.2, 0.25) is 0 Å².